The summed E-state index contributed by atoms with van der Waals surface area (Å²) in [5.74, 6) is 1.80. The summed E-state index contributed by atoms with van der Waals surface area (Å²) in [5, 5.41) is 0. The maximum atomic E-state index is 6.40. The Kier molecular flexibility index (Phi) is 5.82. The number of rotatable bonds is 4. The van der Waals surface area contributed by atoms with E-state index < -0.39 is 0 Å². The average molecular weight is 382 g/mol. The Morgan fingerprint density at radius 3 is 2.50 bits per heavy atom. The number of hydrogen-bond donors (Lipinski definition) is 0. The fraction of sp³-hybridized carbons (Fsp3) is 0.600. The minimum absolute atomic E-state index is 0. The second kappa shape index (κ2) is 7.77. The molecule has 0 aromatic heterocycles. The van der Waals surface area contributed by atoms with E-state index in [0.717, 1.165) is 36.4 Å². The maximum absolute atomic E-state index is 6.40. The lowest BCUT2D eigenvalue weighted by molar-refractivity contribution is -0.191. The van der Waals surface area contributed by atoms with E-state index in [1.165, 1.54) is 5.56 Å². The largest absolute Gasteiger partial charge is 0.493 e. The first-order chi connectivity index (χ1) is 12.2. The fourth-order valence-corrected chi connectivity index (χ4v) is 4.65. The number of halogens is 1. The van der Waals surface area contributed by atoms with Crippen LogP contribution in [-0.2, 0) is 9.47 Å². The number of nitrogens with zero attached hydrogens (tertiary/aromatic N) is 1. The van der Waals surface area contributed by atoms with Gasteiger partial charge in [-0.25, -0.2) is 0 Å². The summed E-state index contributed by atoms with van der Waals surface area (Å²) in [6.45, 7) is 3.72. The van der Waals surface area contributed by atoms with Crippen molar-refractivity contribution in [1.29, 1.82) is 0 Å². The van der Waals surface area contributed by atoms with E-state index in [9.17, 15) is 0 Å². The van der Waals surface area contributed by atoms with Crippen LogP contribution in [-0.4, -0.2) is 51.5 Å². The van der Waals surface area contributed by atoms with E-state index in [0.29, 0.717) is 18.6 Å². The number of methoxy groups -OCH3 is 2. The quantitative estimate of drug-likeness (QED) is 0.744. The summed E-state index contributed by atoms with van der Waals surface area (Å²) in [6.07, 6.45) is 4.27. The van der Waals surface area contributed by atoms with Crippen LogP contribution < -0.4 is 9.47 Å². The first-order valence-corrected chi connectivity index (χ1v) is 9.10. The van der Waals surface area contributed by atoms with E-state index in [-0.39, 0.29) is 24.8 Å². The van der Waals surface area contributed by atoms with Crippen LogP contribution in [0.15, 0.2) is 23.8 Å². The third-order valence-electron chi connectivity index (χ3n) is 5.78. The third kappa shape index (κ3) is 3.01. The van der Waals surface area contributed by atoms with Crippen molar-refractivity contribution >= 4 is 12.4 Å². The number of hydrogen-bond acceptors (Lipinski definition) is 5. The molecule has 4 rings (SSSR count). The van der Waals surface area contributed by atoms with Gasteiger partial charge >= 0.3 is 0 Å². The first kappa shape index (κ1) is 19.5. The van der Waals surface area contributed by atoms with Crippen molar-refractivity contribution in [2.45, 2.75) is 44.1 Å². The Morgan fingerprint density at radius 1 is 1.15 bits per heavy atom. The molecule has 6 heteroatoms. The molecule has 1 aromatic carbocycles. The number of likely N-dealkylation sites (tertiary alicyclic amines) is 1. The highest BCUT2D eigenvalue weighted by Gasteiger charge is 2.47. The minimum atomic E-state index is -0.345. The van der Waals surface area contributed by atoms with Crippen LogP contribution in [0.4, 0.5) is 0 Å². The van der Waals surface area contributed by atoms with Gasteiger partial charge in [0.25, 0.3) is 0 Å². The molecule has 4 atom stereocenters. The lowest BCUT2D eigenvalue weighted by Gasteiger charge is -2.45. The van der Waals surface area contributed by atoms with Gasteiger partial charge in [-0.05, 0) is 44.5 Å². The van der Waals surface area contributed by atoms with Crippen LogP contribution in [0.25, 0.3) is 0 Å². The summed E-state index contributed by atoms with van der Waals surface area (Å²) in [7, 11) is 5.57. The van der Waals surface area contributed by atoms with E-state index in [4.69, 9.17) is 18.9 Å². The molecular formula is C20H28ClNO4. The van der Waals surface area contributed by atoms with Gasteiger partial charge in [-0.2, -0.15) is 0 Å². The highest BCUT2D eigenvalue weighted by Crippen LogP contribution is 2.51. The molecule has 0 unspecified atom stereocenters. The van der Waals surface area contributed by atoms with Gasteiger partial charge < -0.3 is 18.9 Å². The monoisotopic (exact) mass is 381 g/mol. The van der Waals surface area contributed by atoms with Crippen molar-refractivity contribution < 1.29 is 18.9 Å². The molecule has 0 radical (unpaired) electrons. The lowest BCUT2D eigenvalue weighted by Crippen LogP contribution is -2.45. The molecule has 2 heterocycles. The summed E-state index contributed by atoms with van der Waals surface area (Å²) < 4.78 is 23.4. The molecule has 0 N–H and O–H groups in total. The number of likely N-dealkylation sites (N-methyl/N-ethyl adjacent to an activating group) is 1. The minimum Gasteiger partial charge on any atom is -0.493 e. The molecule has 3 aliphatic rings. The maximum Gasteiger partial charge on any atom is 0.184 e. The average Bonchev–Trinajstić information content (AvgIpc) is 3.01. The zero-order valence-electron chi connectivity index (χ0n) is 15.9. The standard InChI is InChI=1S/C20H27NO4.ClH/c1-5-24-20-14-11-17(23-4)16(22-3)10-13(14)18-15(25-20)7-6-12-8-9-21(2)19(12)18;/h6,10-11,15,18-20H,5,7-9H2,1-4H3;1H/t15-,18-,19-,20+;/m1./s1. The Hall–Kier alpha value is -1.27. The van der Waals surface area contributed by atoms with Crippen LogP contribution in [0, 0.1) is 0 Å². The first-order valence-electron chi connectivity index (χ1n) is 9.10. The van der Waals surface area contributed by atoms with Crippen molar-refractivity contribution in [2.75, 3.05) is 34.4 Å². The van der Waals surface area contributed by atoms with Crippen LogP contribution >= 0.6 is 12.4 Å². The molecular weight excluding hydrogens is 354 g/mol. The van der Waals surface area contributed by atoms with Gasteiger partial charge in [0, 0.05) is 30.7 Å². The fourth-order valence-electron chi connectivity index (χ4n) is 4.65. The second-order valence-electron chi connectivity index (χ2n) is 7.01. The highest BCUT2D eigenvalue weighted by molar-refractivity contribution is 5.85. The number of benzene rings is 1. The highest BCUT2D eigenvalue weighted by atomic mass is 35.5. The van der Waals surface area contributed by atoms with Crippen molar-refractivity contribution in [3.63, 3.8) is 0 Å². The number of fused-ring (bicyclic) bond motifs is 5. The van der Waals surface area contributed by atoms with E-state index in [2.05, 4.69) is 24.1 Å². The molecule has 5 nitrogen and oxygen atoms in total. The summed E-state index contributed by atoms with van der Waals surface area (Å²) in [6, 6.07) is 4.56. The van der Waals surface area contributed by atoms with Crippen molar-refractivity contribution in [1.82, 2.24) is 4.90 Å². The molecule has 0 bridgehead atoms. The third-order valence-corrected chi connectivity index (χ3v) is 5.78. The smallest absolute Gasteiger partial charge is 0.184 e. The van der Waals surface area contributed by atoms with Gasteiger partial charge in [-0.15, -0.1) is 12.4 Å². The van der Waals surface area contributed by atoms with Crippen LogP contribution in [0.5, 0.6) is 11.5 Å². The van der Waals surface area contributed by atoms with Crippen LogP contribution in [0.3, 0.4) is 0 Å². The second-order valence-corrected chi connectivity index (χ2v) is 7.01. The Morgan fingerprint density at radius 2 is 1.85 bits per heavy atom. The molecule has 0 amide bonds. The molecule has 0 spiro atoms. The van der Waals surface area contributed by atoms with Crippen molar-refractivity contribution in [3.05, 3.63) is 34.9 Å². The Balaban J connectivity index is 0.00000196. The van der Waals surface area contributed by atoms with E-state index in [1.807, 2.05) is 13.0 Å². The molecule has 1 saturated heterocycles. The SMILES string of the molecule is CCO[C@H]1O[C@@H]2CC=C3CCN(C)[C@H]3[C@@H]2c2cc(OC)c(OC)cc21.Cl. The molecule has 0 saturated carbocycles. The topological polar surface area (TPSA) is 40.2 Å². The van der Waals surface area contributed by atoms with E-state index in [1.54, 1.807) is 19.8 Å². The molecule has 1 aliphatic carbocycles. The lowest BCUT2D eigenvalue weighted by atomic mass is 9.74. The van der Waals surface area contributed by atoms with Crippen molar-refractivity contribution in [2.24, 2.45) is 0 Å². The Labute approximate surface area is 161 Å². The molecule has 1 fully saturated rings. The summed E-state index contributed by atoms with van der Waals surface area (Å²) in [5.41, 5.74) is 3.89. The van der Waals surface area contributed by atoms with Gasteiger partial charge in [-0.3, -0.25) is 4.90 Å². The van der Waals surface area contributed by atoms with Gasteiger partial charge in [0.2, 0.25) is 0 Å². The van der Waals surface area contributed by atoms with Crippen molar-refractivity contribution in [3.8, 4) is 11.5 Å². The molecule has 26 heavy (non-hydrogen) atoms. The van der Waals surface area contributed by atoms with Crippen LogP contribution in [0.1, 0.15) is 43.1 Å². The van der Waals surface area contributed by atoms with Gasteiger partial charge in [0.05, 0.1) is 20.3 Å². The zero-order valence-corrected chi connectivity index (χ0v) is 16.7. The van der Waals surface area contributed by atoms with Gasteiger partial charge in [-0.1, -0.05) is 11.6 Å². The summed E-state index contributed by atoms with van der Waals surface area (Å²) >= 11 is 0. The van der Waals surface area contributed by atoms with E-state index >= 15 is 0 Å². The molecule has 1 aromatic rings. The molecule has 144 valence electrons. The molecule has 2 aliphatic heterocycles. The normalized spacial score (nSPS) is 29.8. The zero-order chi connectivity index (χ0) is 17.6. The Bertz CT molecular complexity index is 693. The van der Waals surface area contributed by atoms with Gasteiger partial charge in [0.15, 0.2) is 17.8 Å². The predicted octanol–water partition coefficient (Wildman–Crippen LogP) is 3.68. The van der Waals surface area contributed by atoms with Gasteiger partial charge in [0.1, 0.15) is 0 Å². The summed E-state index contributed by atoms with van der Waals surface area (Å²) in [4.78, 5) is 2.45. The number of ether oxygens (including phenoxy) is 4. The van der Waals surface area contributed by atoms with Crippen LogP contribution in [0.2, 0.25) is 0 Å². The predicted molar refractivity (Wildman–Crippen MR) is 103 cm³/mol.